The van der Waals surface area contributed by atoms with Gasteiger partial charge < -0.3 is 15.6 Å². The maximum absolute atomic E-state index is 13.0. The van der Waals surface area contributed by atoms with Crippen LogP contribution in [0.4, 0.5) is 0 Å². The summed E-state index contributed by atoms with van der Waals surface area (Å²) >= 11 is 0. The van der Waals surface area contributed by atoms with Crippen molar-refractivity contribution in [2.24, 2.45) is 5.92 Å². The van der Waals surface area contributed by atoms with Crippen LogP contribution in [-0.2, 0) is 11.3 Å². The molecule has 2 saturated carbocycles. The molecule has 0 bridgehead atoms. The number of hydrogen-bond donors (Lipinski definition) is 3. The highest BCUT2D eigenvalue weighted by atomic mass is 16.2. The van der Waals surface area contributed by atoms with Crippen molar-refractivity contribution in [2.45, 2.75) is 44.2 Å². The first-order chi connectivity index (χ1) is 15.1. The first-order valence-electron chi connectivity index (χ1n) is 10.5. The Kier molecular flexibility index (Phi) is 4.86. The van der Waals surface area contributed by atoms with Crippen molar-refractivity contribution in [2.75, 3.05) is 0 Å². The van der Waals surface area contributed by atoms with E-state index in [4.69, 9.17) is 5.26 Å². The maximum Gasteiger partial charge on any atom is 0.255 e. The zero-order chi connectivity index (χ0) is 21.4. The Morgan fingerprint density at radius 1 is 1.26 bits per heavy atom. The van der Waals surface area contributed by atoms with E-state index in [0.29, 0.717) is 34.8 Å². The lowest BCUT2D eigenvalue weighted by Gasteiger charge is -2.18. The zero-order valence-electron chi connectivity index (χ0n) is 16.9. The van der Waals surface area contributed by atoms with Gasteiger partial charge in [0.2, 0.25) is 5.91 Å². The summed E-state index contributed by atoms with van der Waals surface area (Å²) in [4.78, 5) is 37.9. The van der Waals surface area contributed by atoms with Gasteiger partial charge in [-0.3, -0.25) is 9.59 Å². The molecule has 2 aliphatic carbocycles. The smallest absolute Gasteiger partial charge is 0.255 e. The molecule has 2 aliphatic rings. The summed E-state index contributed by atoms with van der Waals surface area (Å²) in [5.74, 6) is 0.0229. The molecule has 0 radical (unpaired) electrons. The Balaban J connectivity index is 1.29. The first-order valence-corrected chi connectivity index (χ1v) is 10.5. The van der Waals surface area contributed by atoms with Gasteiger partial charge in [0, 0.05) is 18.7 Å². The molecule has 8 nitrogen and oxygen atoms in total. The van der Waals surface area contributed by atoms with Gasteiger partial charge in [0.05, 0.1) is 29.1 Å². The average molecular weight is 414 g/mol. The maximum atomic E-state index is 13.0. The van der Waals surface area contributed by atoms with Gasteiger partial charge in [-0.15, -0.1) is 0 Å². The Morgan fingerprint density at radius 3 is 2.84 bits per heavy atom. The Morgan fingerprint density at radius 2 is 2.10 bits per heavy atom. The van der Waals surface area contributed by atoms with E-state index in [1.807, 2.05) is 6.07 Å². The molecule has 1 atom stereocenters. The van der Waals surface area contributed by atoms with E-state index in [1.54, 1.807) is 30.6 Å². The molecular formula is C23H22N6O2. The predicted molar refractivity (Wildman–Crippen MR) is 113 cm³/mol. The summed E-state index contributed by atoms with van der Waals surface area (Å²) in [5, 5.41) is 14.8. The van der Waals surface area contributed by atoms with E-state index in [1.165, 1.54) is 0 Å². The Labute approximate surface area is 179 Å². The number of hydrogen-bond acceptors (Lipinski definition) is 5. The molecule has 0 spiro atoms. The summed E-state index contributed by atoms with van der Waals surface area (Å²) in [5.41, 5.74) is 3.82. The number of nitrogens with zero attached hydrogens (tertiary/aromatic N) is 3. The number of benzene rings is 1. The molecule has 1 aromatic carbocycles. The molecule has 0 saturated heterocycles. The highest BCUT2D eigenvalue weighted by Crippen LogP contribution is 2.39. The van der Waals surface area contributed by atoms with E-state index >= 15 is 0 Å². The fraction of sp³-hybridized carbons (Fsp3) is 0.348. The van der Waals surface area contributed by atoms with Gasteiger partial charge in [0.1, 0.15) is 11.6 Å². The number of aromatic nitrogens is 3. The van der Waals surface area contributed by atoms with Crippen molar-refractivity contribution in [3.05, 3.63) is 59.0 Å². The van der Waals surface area contributed by atoms with Crippen molar-refractivity contribution < 1.29 is 9.59 Å². The molecule has 3 N–H and O–H groups in total. The highest BCUT2D eigenvalue weighted by molar-refractivity contribution is 6.06. The van der Waals surface area contributed by atoms with Gasteiger partial charge in [-0.05, 0) is 49.3 Å². The van der Waals surface area contributed by atoms with Gasteiger partial charge in [0.25, 0.3) is 5.91 Å². The summed E-state index contributed by atoms with van der Waals surface area (Å²) in [6, 6.07) is 8.60. The Bertz CT molecular complexity index is 1200. The average Bonchev–Trinajstić information content (AvgIpc) is 3.72. The van der Waals surface area contributed by atoms with Crippen LogP contribution in [0.5, 0.6) is 0 Å². The van der Waals surface area contributed by atoms with Crippen LogP contribution in [0.2, 0.25) is 0 Å². The van der Waals surface area contributed by atoms with Crippen LogP contribution in [0, 0.1) is 17.2 Å². The summed E-state index contributed by atoms with van der Waals surface area (Å²) < 4.78 is 0. The molecule has 0 unspecified atom stereocenters. The number of fused-ring (bicyclic) bond motifs is 1. The fourth-order valence-corrected chi connectivity index (χ4v) is 3.75. The molecule has 0 aliphatic heterocycles. The molecule has 2 aromatic heterocycles. The topological polar surface area (TPSA) is 124 Å². The number of nitrogens with one attached hydrogen (secondary N) is 3. The molecule has 2 heterocycles. The lowest BCUT2D eigenvalue weighted by atomic mass is 10.1. The summed E-state index contributed by atoms with van der Waals surface area (Å²) in [6.45, 7) is 0.302. The fourth-order valence-electron chi connectivity index (χ4n) is 3.75. The number of rotatable bonds is 7. The van der Waals surface area contributed by atoms with E-state index in [9.17, 15) is 9.59 Å². The van der Waals surface area contributed by atoms with Crippen LogP contribution in [-0.4, -0.2) is 32.8 Å². The number of carbonyl (C=O) groups is 2. The Hall–Kier alpha value is -3.73. The summed E-state index contributed by atoms with van der Waals surface area (Å²) in [7, 11) is 0. The van der Waals surface area contributed by atoms with Gasteiger partial charge in [-0.1, -0.05) is 12.1 Å². The van der Waals surface area contributed by atoms with Crippen LogP contribution < -0.4 is 10.6 Å². The van der Waals surface area contributed by atoms with Crippen LogP contribution in [0.1, 0.15) is 58.8 Å². The molecule has 5 rings (SSSR count). The normalized spacial score (nSPS) is 16.5. The minimum atomic E-state index is -0.601. The molecule has 2 fully saturated rings. The van der Waals surface area contributed by atoms with E-state index in [-0.39, 0.29) is 17.7 Å². The van der Waals surface area contributed by atoms with Crippen molar-refractivity contribution >= 4 is 23.0 Å². The molecular weight excluding hydrogens is 392 g/mol. The first kappa shape index (κ1) is 19.2. The number of nitriles is 1. The largest absolute Gasteiger partial charge is 0.350 e. The van der Waals surface area contributed by atoms with Crippen molar-refractivity contribution in [1.29, 1.82) is 5.26 Å². The second-order valence-electron chi connectivity index (χ2n) is 8.29. The number of amides is 2. The van der Waals surface area contributed by atoms with E-state index in [0.717, 1.165) is 36.9 Å². The molecule has 2 amide bonds. The van der Waals surface area contributed by atoms with Crippen LogP contribution in [0.25, 0.3) is 11.2 Å². The second kappa shape index (κ2) is 7.84. The monoisotopic (exact) mass is 414 g/mol. The summed E-state index contributed by atoms with van der Waals surface area (Å²) in [6.07, 6.45) is 7.39. The van der Waals surface area contributed by atoms with E-state index in [2.05, 4.69) is 31.7 Å². The van der Waals surface area contributed by atoms with Crippen LogP contribution in [0.3, 0.4) is 0 Å². The third-order valence-corrected chi connectivity index (χ3v) is 5.83. The minimum Gasteiger partial charge on any atom is -0.350 e. The third-order valence-electron chi connectivity index (χ3n) is 5.83. The number of aromatic amines is 1. The minimum absolute atomic E-state index is 0.132. The lowest BCUT2D eigenvalue weighted by molar-refractivity contribution is -0.123. The second-order valence-corrected chi connectivity index (χ2v) is 8.29. The standard InChI is InChI=1S/C23H22N6O2/c24-9-13-2-1-3-14(8-13)10-27-23(31)19(16-6-7-16)29-22(30)17-11-25-21-20(17)28-18(12-26-21)15-4-5-15/h1-3,8,11-12,15-16,19H,4-7,10H2,(H,25,26)(H,27,31)(H,29,30)/t19-/m1/s1. The third kappa shape index (κ3) is 4.12. The van der Waals surface area contributed by atoms with E-state index < -0.39 is 6.04 Å². The molecule has 31 heavy (non-hydrogen) atoms. The highest BCUT2D eigenvalue weighted by Gasteiger charge is 2.37. The molecule has 156 valence electrons. The number of carbonyl (C=O) groups excluding carboxylic acids is 2. The molecule has 8 heteroatoms. The quantitative estimate of drug-likeness (QED) is 0.548. The SMILES string of the molecule is N#Cc1cccc(CNC(=O)[C@H](NC(=O)c2c[nH]c3ncc(C4CC4)nc23)C2CC2)c1. The predicted octanol–water partition coefficient (Wildman–Crippen LogP) is 2.53. The molecule has 3 aromatic rings. The van der Waals surface area contributed by atoms with Gasteiger partial charge in [-0.2, -0.15) is 5.26 Å². The van der Waals surface area contributed by atoms with Crippen molar-refractivity contribution in [3.8, 4) is 6.07 Å². The van der Waals surface area contributed by atoms with Crippen molar-refractivity contribution in [1.82, 2.24) is 25.6 Å². The van der Waals surface area contributed by atoms with Crippen molar-refractivity contribution in [3.63, 3.8) is 0 Å². The van der Waals surface area contributed by atoms with Gasteiger partial charge >= 0.3 is 0 Å². The number of H-pyrrole nitrogens is 1. The zero-order valence-corrected chi connectivity index (χ0v) is 16.9. The van der Waals surface area contributed by atoms with Gasteiger partial charge in [0.15, 0.2) is 5.65 Å². The lowest BCUT2D eigenvalue weighted by Crippen LogP contribution is -2.47. The van der Waals surface area contributed by atoms with Gasteiger partial charge in [-0.25, -0.2) is 9.97 Å². The van der Waals surface area contributed by atoms with Crippen LogP contribution in [0.15, 0.2) is 36.7 Å². The van der Waals surface area contributed by atoms with Crippen LogP contribution >= 0.6 is 0 Å².